The van der Waals surface area contributed by atoms with E-state index < -0.39 is 0 Å². The van der Waals surface area contributed by atoms with Gasteiger partial charge in [-0.25, -0.2) is 14.4 Å². The second-order valence-corrected chi connectivity index (χ2v) is 6.78. The van der Waals surface area contributed by atoms with Gasteiger partial charge in [-0.15, -0.1) is 0 Å². The van der Waals surface area contributed by atoms with Gasteiger partial charge in [-0.05, 0) is 45.2 Å². The molecule has 4 heterocycles. The molecule has 0 unspecified atom stereocenters. The average Bonchev–Trinajstić information content (AvgIpc) is 3.19. The highest BCUT2D eigenvalue weighted by Crippen LogP contribution is 2.38. The van der Waals surface area contributed by atoms with Gasteiger partial charge in [0.05, 0.1) is 24.6 Å². The molecule has 3 fully saturated rings. The Morgan fingerprint density at radius 1 is 1.09 bits per heavy atom. The molecule has 3 aliphatic rings. The van der Waals surface area contributed by atoms with Gasteiger partial charge in [-0.3, -0.25) is 4.90 Å². The zero-order valence-electron chi connectivity index (χ0n) is 12.9. The molecule has 0 saturated carbocycles. The third kappa shape index (κ3) is 2.70. The first-order chi connectivity index (χ1) is 10.7. The van der Waals surface area contributed by atoms with Crippen LogP contribution in [-0.4, -0.2) is 59.3 Å². The van der Waals surface area contributed by atoms with Gasteiger partial charge in [-0.1, -0.05) is 0 Å². The van der Waals surface area contributed by atoms with Crippen molar-refractivity contribution in [3.63, 3.8) is 0 Å². The normalized spacial score (nSPS) is 28.6. The summed E-state index contributed by atoms with van der Waals surface area (Å²) < 4.78 is 19.2. The quantitative estimate of drug-likeness (QED) is 0.834. The summed E-state index contributed by atoms with van der Waals surface area (Å²) in [6.45, 7) is 5.13. The Balaban J connectivity index is 1.36. The van der Waals surface area contributed by atoms with E-state index in [1.165, 1.54) is 38.3 Å². The van der Waals surface area contributed by atoms with Crippen LogP contribution < -0.4 is 4.90 Å². The van der Waals surface area contributed by atoms with E-state index in [0.29, 0.717) is 12.0 Å². The van der Waals surface area contributed by atoms with Gasteiger partial charge in [0.1, 0.15) is 0 Å². The van der Waals surface area contributed by atoms with Gasteiger partial charge < -0.3 is 9.64 Å². The Hall–Kier alpha value is -1.27. The lowest BCUT2D eigenvalue weighted by molar-refractivity contribution is -0.0159. The van der Waals surface area contributed by atoms with E-state index in [0.717, 1.165) is 39.0 Å². The highest BCUT2D eigenvalue weighted by Gasteiger charge is 2.44. The molecule has 120 valence electrons. The minimum Gasteiger partial charge on any atom is -0.373 e. The van der Waals surface area contributed by atoms with Gasteiger partial charge in [0.2, 0.25) is 5.95 Å². The number of piperidine rings is 1. The molecule has 6 heteroatoms. The van der Waals surface area contributed by atoms with Gasteiger partial charge in [0.15, 0.2) is 5.82 Å². The first kappa shape index (κ1) is 14.3. The molecule has 22 heavy (non-hydrogen) atoms. The van der Waals surface area contributed by atoms with Gasteiger partial charge >= 0.3 is 0 Å². The van der Waals surface area contributed by atoms with Crippen LogP contribution in [0.2, 0.25) is 0 Å². The lowest BCUT2D eigenvalue weighted by atomic mass is 9.87. The van der Waals surface area contributed by atoms with Crippen molar-refractivity contribution in [3.05, 3.63) is 18.2 Å². The number of ether oxygens (including phenoxy) is 1. The number of anilines is 1. The second kappa shape index (κ2) is 5.74. The van der Waals surface area contributed by atoms with Crippen molar-refractivity contribution in [2.24, 2.45) is 0 Å². The van der Waals surface area contributed by atoms with E-state index in [1.807, 2.05) is 0 Å². The van der Waals surface area contributed by atoms with Crippen molar-refractivity contribution < 1.29 is 9.13 Å². The lowest BCUT2D eigenvalue weighted by Gasteiger charge is -2.38. The molecule has 0 bridgehead atoms. The third-order valence-corrected chi connectivity index (χ3v) is 5.41. The Labute approximate surface area is 130 Å². The summed E-state index contributed by atoms with van der Waals surface area (Å²) in [7, 11) is 0. The topological polar surface area (TPSA) is 41.5 Å². The minimum absolute atomic E-state index is 0.0454. The van der Waals surface area contributed by atoms with Crippen LogP contribution in [0.4, 0.5) is 10.3 Å². The molecular weight excluding hydrogens is 283 g/mol. The fourth-order valence-electron chi connectivity index (χ4n) is 4.09. The summed E-state index contributed by atoms with van der Waals surface area (Å²) in [6.07, 6.45) is 8.32. The Kier molecular flexibility index (Phi) is 3.74. The summed E-state index contributed by atoms with van der Waals surface area (Å²) in [5.41, 5.74) is 0.0454. The maximum atomic E-state index is 12.9. The molecule has 1 atom stereocenters. The molecular formula is C16H23FN4O. The molecule has 0 N–H and O–H groups in total. The molecule has 1 aromatic heterocycles. The Morgan fingerprint density at radius 3 is 2.45 bits per heavy atom. The summed E-state index contributed by atoms with van der Waals surface area (Å²) in [5, 5.41) is 0. The number of hydrogen-bond donors (Lipinski definition) is 0. The van der Waals surface area contributed by atoms with Gasteiger partial charge in [-0.2, -0.15) is 0 Å². The molecule has 0 aliphatic carbocycles. The number of likely N-dealkylation sites (tertiary alicyclic amines) is 1. The third-order valence-electron chi connectivity index (χ3n) is 5.41. The van der Waals surface area contributed by atoms with E-state index in [9.17, 15) is 4.39 Å². The van der Waals surface area contributed by atoms with E-state index in [4.69, 9.17) is 4.74 Å². The number of halogens is 1. The highest BCUT2D eigenvalue weighted by atomic mass is 19.1. The number of hydrogen-bond acceptors (Lipinski definition) is 5. The van der Waals surface area contributed by atoms with Crippen LogP contribution in [0.15, 0.2) is 12.4 Å². The lowest BCUT2D eigenvalue weighted by Crippen LogP contribution is -2.45. The van der Waals surface area contributed by atoms with Crippen LogP contribution >= 0.6 is 0 Å². The fraction of sp³-hybridized carbons (Fsp3) is 0.750. The zero-order valence-corrected chi connectivity index (χ0v) is 12.9. The molecule has 3 saturated heterocycles. The Morgan fingerprint density at radius 2 is 1.77 bits per heavy atom. The van der Waals surface area contributed by atoms with E-state index in [2.05, 4.69) is 19.8 Å². The maximum Gasteiger partial charge on any atom is 0.225 e. The minimum atomic E-state index is -0.384. The summed E-state index contributed by atoms with van der Waals surface area (Å²) in [4.78, 5) is 12.9. The maximum absolute atomic E-state index is 12.9. The van der Waals surface area contributed by atoms with E-state index in [1.54, 1.807) is 0 Å². The van der Waals surface area contributed by atoms with Crippen LogP contribution in [0.1, 0.15) is 32.1 Å². The summed E-state index contributed by atoms with van der Waals surface area (Å²) in [6, 6.07) is 0.608. The van der Waals surface area contributed by atoms with Crippen molar-refractivity contribution in [1.29, 1.82) is 0 Å². The fourth-order valence-corrected chi connectivity index (χ4v) is 4.09. The van der Waals surface area contributed by atoms with Gasteiger partial charge in [0.25, 0.3) is 0 Å². The van der Waals surface area contributed by atoms with E-state index >= 15 is 0 Å². The molecule has 4 rings (SSSR count). The predicted octanol–water partition coefficient (Wildman–Crippen LogP) is 1.84. The molecule has 0 amide bonds. The molecule has 5 nitrogen and oxygen atoms in total. The second-order valence-electron chi connectivity index (χ2n) is 6.78. The van der Waals surface area contributed by atoms with Crippen LogP contribution in [0.5, 0.6) is 0 Å². The standard InChI is InChI=1S/C16H23FN4O/c17-13-10-18-15(19-11-13)21-7-3-16(4-8-21)9-14(12-22-16)20-5-1-2-6-20/h10-11,14H,1-9,12H2/t14-/m0/s1. The summed E-state index contributed by atoms with van der Waals surface area (Å²) >= 11 is 0. The van der Waals surface area contributed by atoms with Crippen LogP contribution in [0.3, 0.4) is 0 Å². The largest absolute Gasteiger partial charge is 0.373 e. The molecule has 0 aromatic carbocycles. The molecule has 3 aliphatic heterocycles. The number of rotatable bonds is 2. The van der Waals surface area contributed by atoms with Crippen molar-refractivity contribution in [2.45, 2.75) is 43.7 Å². The zero-order chi connectivity index (χ0) is 15.0. The number of nitrogens with zero attached hydrogens (tertiary/aromatic N) is 4. The molecule has 0 radical (unpaired) electrons. The number of aromatic nitrogens is 2. The van der Waals surface area contributed by atoms with Crippen molar-refractivity contribution in [2.75, 3.05) is 37.7 Å². The smallest absolute Gasteiger partial charge is 0.225 e. The van der Waals surface area contributed by atoms with Crippen LogP contribution in [0.25, 0.3) is 0 Å². The van der Waals surface area contributed by atoms with Crippen molar-refractivity contribution in [1.82, 2.24) is 14.9 Å². The average molecular weight is 306 g/mol. The highest BCUT2D eigenvalue weighted by molar-refractivity contribution is 5.30. The predicted molar refractivity (Wildman–Crippen MR) is 81.3 cm³/mol. The first-order valence-corrected chi connectivity index (χ1v) is 8.35. The van der Waals surface area contributed by atoms with Crippen LogP contribution in [-0.2, 0) is 4.74 Å². The molecule has 1 aromatic rings. The van der Waals surface area contributed by atoms with Crippen molar-refractivity contribution in [3.8, 4) is 0 Å². The van der Waals surface area contributed by atoms with Crippen LogP contribution in [0, 0.1) is 5.82 Å². The van der Waals surface area contributed by atoms with Crippen molar-refractivity contribution >= 4 is 5.95 Å². The Bertz CT molecular complexity index is 509. The monoisotopic (exact) mass is 306 g/mol. The summed E-state index contributed by atoms with van der Waals surface area (Å²) in [5.74, 6) is 0.246. The van der Waals surface area contributed by atoms with Gasteiger partial charge in [0, 0.05) is 19.1 Å². The first-order valence-electron chi connectivity index (χ1n) is 8.35. The van der Waals surface area contributed by atoms with E-state index in [-0.39, 0.29) is 11.4 Å². The molecule has 1 spiro atoms. The SMILES string of the molecule is Fc1cnc(N2CCC3(CC2)C[C@H](N2CCCC2)CO3)nc1.